The molecule has 0 saturated carbocycles. The van der Waals surface area contributed by atoms with Crippen molar-refractivity contribution in [2.24, 2.45) is 5.92 Å². The van der Waals surface area contributed by atoms with Gasteiger partial charge >= 0.3 is 0 Å². The maximum atomic E-state index is 13.7. The fourth-order valence-corrected chi connectivity index (χ4v) is 4.31. The van der Waals surface area contributed by atoms with Crippen LogP contribution in [-0.2, 0) is 0 Å². The molecule has 0 aliphatic carbocycles. The van der Waals surface area contributed by atoms with E-state index in [1.807, 2.05) is 30.5 Å². The summed E-state index contributed by atoms with van der Waals surface area (Å²) in [6.45, 7) is 4.30. The van der Waals surface area contributed by atoms with Gasteiger partial charge in [0.05, 0.1) is 18.8 Å². The Morgan fingerprint density at radius 1 is 1.06 bits per heavy atom. The minimum Gasteiger partial charge on any atom is -0.497 e. The van der Waals surface area contributed by atoms with Gasteiger partial charge in [-0.2, -0.15) is 0 Å². The minimum atomic E-state index is -0.305. The lowest BCUT2D eigenvalue weighted by molar-refractivity contribution is 0.151. The van der Waals surface area contributed by atoms with Gasteiger partial charge in [0.1, 0.15) is 12.4 Å². The van der Waals surface area contributed by atoms with Gasteiger partial charge in [-0.3, -0.25) is 9.88 Å². The molecule has 0 radical (unpaired) electrons. The predicted octanol–water partition coefficient (Wildman–Crippen LogP) is 4.70. The van der Waals surface area contributed by atoms with E-state index in [4.69, 9.17) is 9.47 Å². The molecule has 1 atom stereocenters. The molecule has 3 aromatic rings. The summed E-state index contributed by atoms with van der Waals surface area (Å²) in [5.74, 6) is 1.47. The molecule has 0 amide bonds. The van der Waals surface area contributed by atoms with Gasteiger partial charge in [-0.15, -0.1) is 0 Å². The minimum absolute atomic E-state index is 0.0218. The monoisotopic (exact) mass is 449 g/mol. The first kappa shape index (κ1) is 23.2. The van der Waals surface area contributed by atoms with E-state index >= 15 is 0 Å². The van der Waals surface area contributed by atoms with Crippen molar-refractivity contribution in [2.75, 3.05) is 39.9 Å². The van der Waals surface area contributed by atoms with Gasteiger partial charge in [-0.25, -0.2) is 4.39 Å². The van der Waals surface area contributed by atoms with Crippen molar-refractivity contribution < 1.29 is 13.9 Å². The third-order valence-corrected chi connectivity index (χ3v) is 6.23. The summed E-state index contributed by atoms with van der Waals surface area (Å²) in [7, 11) is 1.69. The largest absolute Gasteiger partial charge is 0.497 e. The summed E-state index contributed by atoms with van der Waals surface area (Å²) in [4.78, 5) is 7.00. The Morgan fingerprint density at radius 3 is 2.64 bits per heavy atom. The molecule has 174 valence electrons. The number of aromatic nitrogens is 1. The van der Waals surface area contributed by atoms with Crippen LogP contribution in [0, 0.1) is 11.7 Å². The van der Waals surface area contributed by atoms with Crippen LogP contribution in [0.25, 0.3) is 0 Å². The zero-order valence-corrected chi connectivity index (χ0v) is 19.1. The van der Waals surface area contributed by atoms with Crippen LogP contribution in [0.1, 0.15) is 30.1 Å². The van der Waals surface area contributed by atoms with Crippen LogP contribution in [0.5, 0.6) is 11.5 Å². The Hall–Kier alpha value is -2.96. The summed E-state index contributed by atoms with van der Waals surface area (Å²) < 4.78 is 24.7. The number of hydrogen-bond acceptors (Lipinski definition) is 5. The van der Waals surface area contributed by atoms with E-state index in [0.29, 0.717) is 18.3 Å². The molecular weight excluding hydrogens is 417 g/mol. The third-order valence-electron chi connectivity index (χ3n) is 6.23. The van der Waals surface area contributed by atoms with E-state index in [0.717, 1.165) is 56.0 Å². The van der Waals surface area contributed by atoms with Crippen molar-refractivity contribution in [3.63, 3.8) is 0 Å². The lowest BCUT2D eigenvalue weighted by Crippen LogP contribution is -2.40. The second kappa shape index (κ2) is 11.8. The number of halogens is 1. The zero-order valence-electron chi connectivity index (χ0n) is 19.1. The lowest BCUT2D eigenvalue weighted by Gasteiger charge is -2.33. The number of nitrogens with zero attached hydrogens (tertiary/aromatic N) is 2. The molecule has 1 N–H and O–H groups in total. The highest BCUT2D eigenvalue weighted by Gasteiger charge is 2.22. The SMILES string of the molecule is COc1cccc([C@H](NCC2CCN(CCOc3ccccc3F)CC2)c2ccccn2)c1. The van der Waals surface area contributed by atoms with Crippen molar-refractivity contribution in [3.05, 3.63) is 90.0 Å². The van der Waals surface area contributed by atoms with E-state index in [9.17, 15) is 4.39 Å². The van der Waals surface area contributed by atoms with E-state index in [1.54, 1.807) is 25.3 Å². The van der Waals surface area contributed by atoms with Gasteiger partial charge in [0.15, 0.2) is 11.6 Å². The highest BCUT2D eigenvalue weighted by atomic mass is 19.1. The van der Waals surface area contributed by atoms with Crippen molar-refractivity contribution in [1.29, 1.82) is 0 Å². The smallest absolute Gasteiger partial charge is 0.165 e. The number of rotatable bonds is 10. The number of pyridine rings is 1. The molecule has 33 heavy (non-hydrogen) atoms. The fourth-order valence-electron chi connectivity index (χ4n) is 4.31. The number of methoxy groups -OCH3 is 1. The van der Waals surface area contributed by atoms with Gasteiger partial charge in [0.25, 0.3) is 0 Å². The average molecular weight is 450 g/mol. The summed E-state index contributed by atoms with van der Waals surface area (Å²) in [6, 6.07) is 20.8. The maximum Gasteiger partial charge on any atom is 0.165 e. The summed E-state index contributed by atoms with van der Waals surface area (Å²) in [5.41, 5.74) is 2.16. The van der Waals surface area contributed by atoms with Crippen LogP contribution in [0.15, 0.2) is 72.9 Å². The van der Waals surface area contributed by atoms with Gasteiger partial charge in [0.2, 0.25) is 0 Å². The van der Waals surface area contributed by atoms with Crippen LogP contribution < -0.4 is 14.8 Å². The van der Waals surface area contributed by atoms with E-state index < -0.39 is 0 Å². The normalized spacial score (nSPS) is 15.8. The second-order valence-electron chi connectivity index (χ2n) is 8.44. The molecule has 1 aromatic heterocycles. The maximum absolute atomic E-state index is 13.7. The van der Waals surface area contributed by atoms with Gasteiger partial charge in [-0.1, -0.05) is 30.3 Å². The molecule has 4 rings (SSSR count). The van der Waals surface area contributed by atoms with Crippen molar-refractivity contribution in [2.45, 2.75) is 18.9 Å². The van der Waals surface area contributed by atoms with Crippen LogP contribution in [-0.4, -0.2) is 49.8 Å². The molecule has 1 aliphatic rings. The zero-order chi connectivity index (χ0) is 22.9. The molecule has 0 bridgehead atoms. The molecule has 0 spiro atoms. The Kier molecular flexibility index (Phi) is 8.28. The molecule has 2 aromatic carbocycles. The van der Waals surface area contributed by atoms with Crippen molar-refractivity contribution >= 4 is 0 Å². The molecule has 2 heterocycles. The summed E-state index contributed by atoms with van der Waals surface area (Å²) in [5, 5.41) is 3.76. The number of ether oxygens (including phenoxy) is 2. The topological polar surface area (TPSA) is 46.6 Å². The first-order chi connectivity index (χ1) is 16.2. The van der Waals surface area contributed by atoms with Gasteiger partial charge in [0, 0.05) is 12.7 Å². The number of para-hydroxylation sites is 1. The number of benzene rings is 2. The van der Waals surface area contributed by atoms with Crippen LogP contribution in [0.3, 0.4) is 0 Å². The fraction of sp³-hybridized carbons (Fsp3) is 0.370. The number of piperidine rings is 1. The Labute approximate surface area is 195 Å². The summed E-state index contributed by atoms with van der Waals surface area (Å²) in [6.07, 6.45) is 4.09. The number of hydrogen-bond donors (Lipinski definition) is 1. The Balaban J connectivity index is 1.27. The van der Waals surface area contributed by atoms with E-state index in [-0.39, 0.29) is 11.9 Å². The van der Waals surface area contributed by atoms with Gasteiger partial charge in [-0.05, 0) is 80.4 Å². The molecule has 0 unspecified atom stereocenters. The Morgan fingerprint density at radius 2 is 1.88 bits per heavy atom. The van der Waals surface area contributed by atoms with Crippen LogP contribution in [0.2, 0.25) is 0 Å². The number of nitrogens with one attached hydrogen (secondary N) is 1. The van der Waals surface area contributed by atoms with Crippen molar-refractivity contribution in [1.82, 2.24) is 15.2 Å². The predicted molar refractivity (Wildman–Crippen MR) is 128 cm³/mol. The van der Waals surface area contributed by atoms with Crippen molar-refractivity contribution in [3.8, 4) is 11.5 Å². The lowest BCUT2D eigenvalue weighted by atomic mass is 9.95. The quantitative estimate of drug-likeness (QED) is 0.486. The number of likely N-dealkylation sites (tertiary alicyclic amines) is 1. The second-order valence-corrected chi connectivity index (χ2v) is 8.44. The Bertz CT molecular complexity index is 993. The molecular formula is C27H32FN3O2. The molecule has 1 fully saturated rings. The first-order valence-electron chi connectivity index (χ1n) is 11.6. The van der Waals surface area contributed by atoms with Gasteiger partial charge < -0.3 is 14.8 Å². The standard InChI is InChI=1S/C27H32FN3O2/c1-32-23-8-6-7-22(19-23)27(25-10-4-5-14-29-25)30-20-21-12-15-31(16-13-21)17-18-33-26-11-3-2-9-24(26)28/h2-11,14,19,21,27,30H,12-13,15-18,20H2,1H3/t27-/m0/s1. The van der Waals surface area contributed by atoms with E-state index in [2.05, 4.69) is 33.4 Å². The summed E-state index contributed by atoms with van der Waals surface area (Å²) >= 11 is 0. The molecule has 1 saturated heterocycles. The first-order valence-corrected chi connectivity index (χ1v) is 11.6. The van der Waals surface area contributed by atoms with E-state index in [1.165, 1.54) is 6.07 Å². The molecule has 1 aliphatic heterocycles. The average Bonchev–Trinajstić information content (AvgIpc) is 2.87. The molecule has 5 nitrogen and oxygen atoms in total. The highest BCUT2D eigenvalue weighted by Crippen LogP contribution is 2.25. The highest BCUT2D eigenvalue weighted by molar-refractivity contribution is 5.34. The third kappa shape index (κ3) is 6.53. The van der Waals surface area contributed by atoms with Crippen LogP contribution >= 0.6 is 0 Å². The molecule has 6 heteroatoms. The van der Waals surface area contributed by atoms with Crippen LogP contribution in [0.4, 0.5) is 4.39 Å².